The molecule has 0 unspecified atom stereocenters. The Morgan fingerprint density at radius 2 is 2.17 bits per heavy atom. The second-order valence-electron chi connectivity index (χ2n) is 4.42. The first-order chi connectivity index (χ1) is 11.5. The van der Waals surface area contributed by atoms with Crippen LogP contribution >= 0.6 is 11.6 Å². The quantitative estimate of drug-likeness (QED) is 0.371. The lowest BCUT2D eigenvalue weighted by atomic mass is 10.2. The van der Waals surface area contributed by atoms with E-state index in [-0.39, 0.29) is 16.4 Å². The Kier molecular flexibility index (Phi) is 5.69. The van der Waals surface area contributed by atoms with Crippen molar-refractivity contribution in [1.82, 2.24) is 0 Å². The zero-order valence-corrected chi connectivity index (χ0v) is 12.9. The Morgan fingerprint density at radius 3 is 2.83 bits per heavy atom. The number of hydrogen-bond acceptors (Lipinski definition) is 6. The number of halogens is 1. The molecule has 0 saturated carbocycles. The van der Waals surface area contributed by atoms with Crippen molar-refractivity contribution in [1.29, 1.82) is 0 Å². The van der Waals surface area contributed by atoms with Gasteiger partial charge in [-0.3, -0.25) is 14.9 Å². The fourth-order valence-corrected chi connectivity index (χ4v) is 1.85. The van der Waals surface area contributed by atoms with Gasteiger partial charge in [-0.15, -0.1) is 0 Å². The van der Waals surface area contributed by atoms with Crippen LogP contribution in [0.2, 0.25) is 5.02 Å². The van der Waals surface area contributed by atoms with Crippen LogP contribution in [0.15, 0.2) is 47.1 Å². The largest absolute Gasteiger partial charge is 0.465 e. The number of amides is 1. The Bertz CT molecular complexity index is 785. The maximum atomic E-state index is 11.7. The van der Waals surface area contributed by atoms with Gasteiger partial charge in [0.05, 0.1) is 11.2 Å². The van der Waals surface area contributed by atoms with Gasteiger partial charge in [0.1, 0.15) is 11.4 Å². The Balaban J connectivity index is 1.91. The number of nitrogens with zero attached hydrogens (tertiary/aromatic N) is 1. The standard InChI is InChI=1S/C15H11ClN2O6/c16-10-3-5-13(18(21)22)12(8-10)17-14(19)9-24-15(20)6-4-11-2-1-7-23-11/h1-8H,9H2,(H,17,19)/b6-4+. The monoisotopic (exact) mass is 350 g/mol. The number of nitro benzene ring substituents is 1. The van der Waals surface area contributed by atoms with Crippen molar-refractivity contribution >= 4 is 40.9 Å². The fraction of sp³-hybridized carbons (Fsp3) is 0.0667. The van der Waals surface area contributed by atoms with Crippen LogP contribution in [0.25, 0.3) is 6.08 Å². The number of furan rings is 1. The third kappa shape index (κ3) is 4.96. The van der Waals surface area contributed by atoms with Gasteiger partial charge in [0.2, 0.25) is 0 Å². The molecule has 24 heavy (non-hydrogen) atoms. The molecule has 1 amide bonds. The van der Waals surface area contributed by atoms with Crippen molar-refractivity contribution in [3.8, 4) is 0 Å². The molecule has 0 saturated heterocycles. The maximum Gasteiger partial charge on any atom is 0.331 e. The lowest BCUT2D eigenvalue weighted by molar-refractivity contribution is -0.383. The van der Waals surface area contributed by atoms with Gasteiger partial charge < -0.3 is 14.5 Å². The van der Waals surface area contributed by atoms with Crippen molar-refractivity contribution in [2.75, 3.05) is 11.9 Å². The van der Waals surface area contributed by atoms with Crippen LogP contribution in [0.3, 0.4) is 0 Å². The summed E-state index contributed by atoms with van der Waals surface area (Å²) in [5.41, 5.74) is -0.406. The van der Waals surface area contributed by atoms with E-state index in [1.807, 2.05) is 0 Å². The number of hydrogen-bond donors (Lipinski definition) is 1. The molecule has 9 heteroatoms. The second-order valence-corrected chi connectivity index (χ2v) is 4.86. The van der Waals surface area contributed by atoms with E-state index in [0.29, 0.717) is 5.76 Å². The third-order valence-corrected chi connectivity index (χ3v) is 2.94. The van der Waals surface area contributed by atoms with Gasteiger partial charge >= 0.3 is 5.97 Å². The second kappa shape index (κ2) is 7.93. The molecular formula is C15H11ClN2O6. The number of esters is 1. The number of nitro groups is 1. The summed E-state index contributed by atoms with van der Waals surface area (Å²) in [5.74, 6) is -1.05. The topological polar surface area (TPSA) is 112 Å². The highest BCUT2D eigenvalue weighted by Gasteiger charge is 2.16. The molecule has 1 aromatic heterocycles. The molecular weight excluding hydrogens is 340 g/mol. The lowest BCUT2D eigenvalue weighted by Crippen LogP contribution is -2.20. The summed E-state index contributed by atoms with van der Waals surface area (Å²) in [4.78, 5) is 33.4. The van der Waals surface area contributed by atoms with Crippen LogP contribution < -0.4 is 5.32 Å². The van der Waals surface area contributed by atoms with E-state index in [1.165, 1.54) is 24.5 Å². The minimum Gasteiger partial charge on any atom is -0.465 e. The molecule has 124 valence electrons. The number of ether oxygens (including phenoxy) is 1. The smallest absolute Gasteiger partial charge is 0.331 e. The summed E-state index contributed by atoms with van der Waals surface area (Å²) < 4.78 is 9.71. The SMILES string of the molecule is O=C(COC(=O)/C=C/c1ccco1)Nc1cc(Cl)ccc1[N+](=O)[O-]. The van der Waals surface area contributed by atoms with Gasteiger partial charge in [-0.25, -0.2) is 4.79 Å². The number of carbonyl (C=O) groups is 2. The molecule has 0 spiro atoms. The zero-order chi connectivity index (χ0) is 17.5. The highest BCUT2D eigenvalue weighted by atomic mass is 35.5. The summed E-state index contributed by atoms with van der Waals surface area (Å²) in [5, 5.41) is 13.4. The Hall–Kier alpha value is -3.13. The lowest BCUT2D eigenvalue weighted by Gasteiger charge is -2.06. The van der Waals surface area contributed by atoms with Crippen molar-refractivity contribution < 1.29 is 23.7 Å². The normalized spacial score (nSPS) is 10.5. The molecule has 2 rings (SSSR count). The van der Waals surface area contributed by atoms with Crippen LogP contribution in [-0.2, 0) is 14.3 Å². The van der Waals surface area contributed by atoms with Crippen molar-refractivity contribution in [2.24, 2.45) is 0 Å². The number of carbonyl (C=O) groups excluding carboxylic acids is 2. The van der Waals surface area contributed by atoms with Gasteiger partial charge in [0, 0.05) is 17.2 Å². The number of rotatable bonds is 6. The summed E-state index contributed by atoms with van der Waals surface area (Å²) >= 11 is 5.75. The van der Waals surface area contributed by atoms with Gasteiger partial charge in [0.25, 0.3) is 11.6 Å². The van der Waals surface area contributed by atoms with Crippen molar-refractivity contribution in [3.05, 3.63) is 63.6 Å². The predicted molar refractivity (Wildman–Crippen MR) is 85.4 cm³/mol. The van der Waals surface area contributed by atoms with Gasteiger partial charge in [-0.2, -0.15) is 0 Å². The van der Waals surface area contributed by atoms with Gasteiger partial charge in [0.15, 0.2) is 6.61 Å². The number of anilines is 1. The molecule has 1 heterocycles. The highest BCUT2D eigenvalue weighted by Crippen LogP contribution is 2.27. The van der Waals surface area contributed by atoms with E-state index in [0.717, 1.165) is 12.1 Å². The Labute approximate surface area is 140 Å². The molecule has 0 aliphatic rings. The first-order valence-electron chi connectivity index (χ1n) is 6.58. The average molecular weight is 351 g/mol. The summed E-state index contributed by atoms with van der Waals surface area (Å²) in [6.45, 7) is -0.606. The van der Waals surface area contributed by atoms with Gasteiger partial charge in [-0.1, -0.05) is 11.6 Å². The van der Waals surface area contributed by atoms with Crippen LogP contribution in [0, 0.1) is 10.1 Å². The molecule has 1 N–H and O–H groups in total. The first-order valence-corrected chi connectivity index (χ1v) is 6.95. The Morgan fingerprint density at radius 1 is 1.38 bits per heavy atom. The summed E-state index contributed by atoms with van der Waals surface area (Å²) in [6, 6.07) is 7.01. The first kappa shape index (κ1) is 17.2. The molecule has 1 aromatic carbocycles. The van der Waals surface area contributed by atoms with Gasteiger partial charge in [-0.05, 0) is 30.3 Å². The van der Waals surface area contributed by atoms with Crippen LogP contribution in [0.1, 0.15) is 5.76 Å². The molecule has 0 aliphatic heterocycles. The summed E-state index contributed by atoms with van der Waals surface area (Å²) in [6.07, 6.45) is 3.91. The predicted octanol–water partition coefficient (Wildman–Crippen LogP) is 3.04. The van der Waals surface area contributed by atoms with E-state index >= 15 is 0 Å². The number of nitrogens with one attached hydrogen (secondary N) is 1. The number of benzene rings is 1. The van der Waals surface area contributed by atoms with Crippen LogP contribution in [0.5, 0.6) is 0 Å². The van der Waals surface area contributed by atoms with E-state index in [9.17, 15) is 19.7 Å². The molecule has 0 radical (unpaired) electrons. The zero-order valence-electron chi connectivity index (χ0n) is 12.1. The molecule has 8 nitrogen and oxygen atoms in total. The van der Waals surface area contributed by atoms with Crippen molar-refractivity contribution in [3.63, 3.8) is 0 Å². The van der Waals surface area contributed by atoms with E-state index in [1.54, 1.807) is 12.1 Å². The minimum absolute atomic E-state index is 0.0836. The molecule has 0 fully saturated rings. The minimum atomic E-state index is -0.762. The average Bonchev–Trinajstić information content (AvgIpc) is 3.04. The maximum absolute atomic E-state index is 11.7. The van der Waals surface area contributed by atoms with Crippen LogP contribution in [-0.4, -0.2) is 23.4 Å². The van der Waals surface area contributed by atoms with Crippen LogP contribution in [0.4, 0.5) is 11.4 Å². The highest BCUT2D eigenvalue weighted by molar-refractivity contribution is 6.31. The van der Waals surface area contributed by atoms with E-state index < -0.39 is 23.4 Å². The third-order valence-electron chi connectivity index (χ3n) is 2.70. The fourth-order valence-electron chi connectivity index (χ4n) is 1.67. The molecule has 0 atom stereocenters. The van der Waals surface area contributed by atoms with Crippen molar-refractivity contribution in [2.45, 2.75) is 0 Å². The molecule has 0 bridgehead atoms. The van der Waals surface area contributed by atoms with E-state index in [2.05, 4.69) is 5.32 Å². The molecule has 0 aliphatic carbocycles. The molecule has 2 aromatic rings. The summed E-state index contributed by atoms with van der Waals surface area (Å²) in [7, 11) is 0. The van der Waals surface area contributed by atoms with E-state index in [4.69, 9.17) is 20.8 Å².